The van der Waals surface area contributed by atoms with Crippen LogP contribution >= 0.6 is 0 Å². The summed E-state index contributed by atoms with van der Waals surface area (Å²) in [6.45, 7) is 2.93. The number of carbonyl (C=O) groups is 2. The summed E-state index contributed by atoms with van der Waals surface area (Å²) < 4.78 is 5.53. The number of pyridine rings is 1. The van der Waals surface area contributed by atoms with E-state index in [0.717, 1.165) is 36.5 Å². The molecular weight excluding hydrogens is 452 g/mol. The summed E-state index contributed by atoms with van der Waals surface area (Å²) in [5.41, 5.74) is 2.19. The van der Waals surface area contributed by atoms with Crippen molar-refractivity contribution in [2.75, 3.05) is 26.7 Å². The number of nitrogens with zero attached hydrogens (tertiary/aromatic N) is 4. The fourth-order valence-corrected chi connectivity index (χ4v) is 5.41. The van der Waals surface area contributed by atoms with Crippen molar-refractivity contribution < 1.29 is 14.3 Å². The number of methoxy groups -OCH3 is 1. The molecule has 36 heavy (non-hydrogen) atoms. The largest absolute Gasteiger partial charge is 0.496 e. The molecule has 0 bridgehead atoms. The molecule has 0 unspecified atom stereocenters. The lowest BCUT2D eigenvalue weighted by Gasteiger charge is -2.42. The molecular formula is C29H32N4O3. The Bertz CT molecular complexity index is 1190. The number of aromatic nitrogens is 1. The minimum absolute atomic E-state index is 0.0943. The van der Waals surface area contributed by atoms with Crippen molar-refractivity contribution in [3.05, 3.63) is 95.8 Å². The van der Waals surface area contributed by atoms with Crippen LogP contribution in [0.3, 0.4) is 0 Å². The van der Waals surface area contributed by atoms with Gasteiger partial charge in [0.1, 0.15) is 11.3 Å². The topological polar surface area (TPSA) is 66.0 Å². The van der Waals surface area contributed by atoms with Crippen molar-refractivity contribution >= 4 is 11.9 Å². The molecule has 1 spiro atoms. The number of carbonyl (C=O) groups excluding carboxylic acids is 2. The summed E-state index contributed by atoms with van der Waals surface area (Å²) in [5, 5.41) is 0. The molecule has 3 heterocycles. The molecule has 0 radical (unpaired) electrons. The molecule has 2 aliphatic rings. The van der Waals surface area contributed by atoms with E-state index < -0.39 is 5.54 Å². The number of hydrogen-bond acceptors (Lipinski definition) is 5. The first-order chi connectivity index (χ1) is 17.6. The Hall–Kier alpha value is -3.71. The number of para-hydroxylation sites is 1. The van der Waals surface area contributed by atoms with Gasteiger partial charge in [0.15, 0.2) is 0 Å². The number of benzene rings is 2. The van der Waals surface area contributed by atoms with Gasteiger partial charge in [-0.2, -0.15) is 0 Å². The van der Waals surface area contributed by atoms with Gasteiger partial charge in [-0.05, 0) is 43.0 Å². The van der Waals surface area contributed by atoms with Crippen LogP contribution in [-0.2, 0) is 24.3 Å². The first-order valence-electron chi connectivity index (χ1n) is 12.5. The smallest absolute Gasteiger partial charge is 0.328 e. The van der Waals surface area contributed by atoms with Gasteiger partial charge in [0.25, 0.3) is 5.91 Å². The number of amides is 3. The van der Waals surface area contributed by atoms with Crippen molar-refractivity contribution in [3.63, 3.8) is 0 Å². The average molecular weight is 485 g/mol. The number of piperidine rings is 1. The van der Waals surface area contributed by atoms with E-state index in [1.165, 1.54) is 4.90 Å². The highest BCUT2D eigenvalue weighted by Crippen LogP contribution is 2.38. The summed E-state index contributed by atoms with van der Waals surface area (Å²) in [6.07, 6.45) is 3.63. The molecule has 2 saturated heterocycles. The van der Waals surface area contributed by atoms with Gasteiger partial charge in [0.05, 0.1) is 19.3 Å². The molecule has 186 valence electrons. The predicted molar refractivity (Wildman–Crippen MR) is 137 cm³/mol. The molecule has 3 aromatic rings. The van der Waals surface area contributed by atoms with Gasteiger partial charge in [0, 0.05) is 37.9 Å². The molecule has 2 aromatic carbocycles. The van der Waals surface area contributed by atoms with Crippen molar-refractivity contribution in [2.24, 2.45) is 0 Å². The Kier molecular flexibility index (Phi) is 7.00. The lowest BCUT2D eigenvalue weighted by molar-refractivity contribution is -0.136. The number of urea groups is 1. The van der Waals surface area contributed by atoms with Gasteiger partial charge >= 0.3 is 6.03 Å². The average Bonchev–Trinajstić information content (AvgIpc) is 3.11. The first-order valence-corrected chi connectivity index (χ1v) is 12.5. The van der Waals surface area contributed by atoms with Crippen LogP contribution in [0.5, 0.6) is 5.75 Å². The van der Waals surface area contributed by atoms with Crippen LogP contribution in [0, 0.1) is 0 Å². The minimum Gasteiger partial charge on any atom is -0.496 e. The van der Waals surface area contributed by atoms with E-state index in [1.54, 1.807) is 13.3 Å². The van der Waals surface area contributed by atoms with Crippen molar-refractivity contribution in [1.82, 2.24) is 19.7 Å². The third-order valence-corrected chi connectivity index (χ3v) is 7.40. The number of hydrogen-bond donors (Lipinski definition) is 0. The molecule has 7 heteroatoms. The SMILES string of the molecule is COc1ccccc1CN1CCC2(CC1)C(=O)N(Cc1ccccn1)C(=O)N2CCc1ccccc1. The fourth-order valence-electron chi connectivity index (χ4n) is 5.41. The Morgan fingerprint density at radius 2 is 1.61 bits per heavy atom. The highest BCUT2D eigenvalue weighted by atomic mass is 16.5. The molecule has 1 aromatic heterocycles. The summed E-state index contributed by atoms with van der Waals surface area (Å²) in [5.74, 6) is 0.777. The van der Waals surface area contributed by atoms with Gasteiger partial charge < -0.3 is 9.64 Å². The highest BCUT2D eigenvalue weighted by molar-refractivity contribution is 6.07. The molecule has 0 saturated carbocycles. The minimum atomic E-state index is -0.808. The van der Waals surface area contributed by atoms with Gasteiger partial charge in [-0.1, -0.05) is 54.6 Å². The van der Waals surface area contributed by atoms with E-state index in [1.807, 2.05) is 59.5 Å². The Balaban J connectivity index is 1.35. The third kappa shape index (κ3) is 4.71. The van der Waals surface area contributed by atoms with E-state index in [-0.39, 0.29) is 18.5 Å². The number of ether oxygens (including phenoxy) is 1. The van der Waals surface area contributed by atoms with Crippen LogP contribution in [0.15, 0.2) is 79.0 Å². The maximum absolute atomic E-state index is 13.9. The maximum atomic E-state index is 13.9. The zero-order valence-electron chi connectivity index (χ0n) is 20.7. The predicted octanol–water partition coefficient (Wildman–Crippen LogP) is 4.13. The van der Waals surface area contributed by atoms with Gasteiger partial charge in [-0.25, -0.2) is 4.79 Å². The first kappa shape index (κ1) is 24.0. The number of likely N-dealkylation sites (tertiary alicyclic amines) is 1. The van der Waals surface area contributed by atoms with E-state index >= 15 is 0 Å². The summed E-state index contributed by atoms with van der Waals surface area (Å²) >= 11 is 0. The van der Waals surface area contributed by atoms with Crippen LogP contribution in [0.2, 0.25) is 0 Å². The second-order valence-corrected chi connectivity index (χ2v) is 9.50. The van der Waals surface area contributed by atoms with Gasteiger partial charge in [0.2, 0.25) is 0 Å². The lowest BCUT2D eigenvalue weighted by atomic mass is 9.85. The van der Waals surface area contributed by atoms with Crippen LogP contribution in [0.1, 0.15) is 29.7 Å². The molecule has 3 amide bonds. The summed E-state index contributed by atoms with van der Waals surface area (Å²) in [4.78, 5) is 37.5. The van der Waals surface area contributed by atoms with E-state index in [0.29, 0.717) is 31.5 Å². The Labute approximate surface area is 212 Å². The standard InChI is InChI=1S/C29H32N4O3/c1-36-26-13-6-5-11-24(26)21-31-19-15-29(16-20-31)27(34)32(22-25-12-7-8-17-30-25)28(35)33(29)18-14-23-9-3-2-4-10-23/h2-13,17H,14-16,18-22H2,1H3. The second kappa shape index (κ2) is 10.5. The molecule has 5 rings (SSSR count). The van der Waals surface area contributed by atoms with Crippen LogP contribution in [-0.4, -0.2) is 63.9 Å². The Morgan fingerprint density at radius 3 is 2.33 bits per heavy atom. The number of rotatable bonds is 8. The quantitative estimate of drug-likeness (QED) is 0.450. The zero-order valence-corrected chi connectivity index (χ0v) is 20.7. The van der Waals surface area contributed by atoms with Crippen molar-refractivity contribution in [3.8, 4) is 5.75 Å². The van der Waals surface area contributed by atoms with Crippen LogP contribution < -0.4 is 4.74 Å². The number of imide groups is 1. The molecule has 0 atom stereocenters. The lowest BCUT2D eigenvalue weighted by Crippen LogP contribution is -2.56. The van der Waals surface area contributed by atoms with E-state index in [9.17, 15) is 9.59 Å². The van der Waals surface area contributed by atoms with Crippen LogP contribution in [0.25, 0.3) is 0 Å². The van der Waals surface area contributed by atoms with Gasteiger partial charge in [-0.15, -0.1) is 0 Å². The van der Waals surface area contributed by atoms with E-state index in [4.69, 9.17) is 4.74 Å². The Morgan fingerprint density at radius 1 is 0.889 bits per heavy atom. The normalized spacial score (nSPS) is 17.7. The van der Waals surface area contributed by atoms with Crippen molar-refractivity contribution in [2.45, 2.75) is 37.9 Å². The highest BCUT2D eigenvalue weighted by Gasteiger charge is 2.57. The molecule has 7 nitrogen and oxygen atoms in total. The summed E-state index contributed by atoms with van der Waals surface area (Å²) in [6, 6.07) is 23.5. The van der Waals surface area contributed by atoms with Crippen molar-refractivity contribution in [1.29, 1.82) is 0 Å². The monoisotopic (exact) mass is 484 g/mol. The second-order valence-electron chi connectivity index (χ2n) is 9.50. The third-order valence-electron chi connectivity index (χ3n) is 7.40. The molecule has 2 fully saturated rings. The summed E-state index contributed by atoms with van der Waals surface area (Å²) in [7, 11) is 1.69. The van der Waals surface area contributed by atoms with Crippen LogP contribution in [0.4, 0.5) is 4.79 Å². The van der Waals surface area contributed by atoms with Gasteiger partial charge in [-0.3, -0.25) is 19.6 Å². The van der Waals surface area contributed by atoms with E-state index in [2.05, 4.69) is 28.1 Å². The fraction of sp³-hybridized carbons (Fsp3) is 0.345. The maximum Gasteiger partial charge on any atom is 0.328 e. The molecule has 2 aliphatic heterocycles. The molecule has 0 aliphatic carbocycles. The molecule has 0 N–H and O–H groups in total. The zero-order chi connectivity index (χ0) is 25.0.